The summed E-state index contributed by atoms with van der Waals surface area (Å²) in [5.74, 6) is 0.334. The Bertz CT molecular complexity index is 757. The first-order chi connectivity index (χ1) is 12.6. The lowest BCUT2D eigenvalue weighted by Gasteiger charge is -2.18. The molecule has 6 nitrogen and oxygen atoms in total. The van der Waals surface area contributed by atoms with E-state index >= 15 is 0 Å². The van der Waals surface area contributed by atoms with Crippen molar-refractivity contribution in [1.82, 2.24) is 15.2 Å². The lowest BCUT2D eigenvalue weighted by molar-refractivity contribution is 0.0767. The molecule has 6 heteroatoms. The third kappa shape index (κ3) is 5.05. The number of pyridine rings is 1. The number of hydrogen-bond acceptors (Lipinski definition) is 4. The summed E-state index contributed by atoms with van der Waals surface area (Å²) in [7, 11) is 1.62. The highest BCUT2D eigenvalue weighted by molar-refractivity contribution is 5.96. The number of hydrogen-bond donors (Lipinski definition) is 1. The molecule has 0 saturated carbocycles. The van der Waals surface area contributed by atoms with E-state index in [2.05, 4.69) is 10.3 Å². The summed E-state index contributed by atoms with van der Waals surface area (Å²) in [5.41, 5.74) is 1.60. The predicted octanol–water partition coefficient (Wildman–Crippen LogP) is 2.54. The van der Waals surface area contributed by atoms with E-state index in [1.54, 1.807) is 30.2 Å². The Morgan fingerprint density at radius 3 is 2.46 bits per heavy atom. The van der Waals surface area contributed by atoms with E-state index in [0.29, 0.717) is 26.1 Å². The van der Waals surface area contributed by atoms with Crippen molar-refractivity contribution in [3.63, 3.8) is 0 Å². The zero-order valence-corrected chi connectivity index (χ0v) is 15.5. The predicted molar refractivity (Wildman–Crippen MR) is 101 cm³/mol. The molecule has 1 N–H and O–H groups in total. The van der Waals surface area contributed by atoms with Crippen molar-refractivity contribution in [3.8, 4) is 5.75 Å². The molecule has 0 aliphatic carbocycles. The number of carbonyl (C=O) groups is 2. The van der Waals surface area contributed by atoms with Crippen LogP contribution in [-0.4, -0.2) is 48.4 Å². The van der Waals surface area contributed by atoms with Crippen molar-refractivity contribution in [1.29, 1.82) is 0 Å². The molecule has 0 spiro atoms. The molecule has 1 aromatic carbocycles. The molecule has 0 radical (unpaired) electrons. The van der Waals surface area contributed by atoms with Crippen molar-refractivity contribution >= 4 is 11.8 Å². The number of methoxy groups -OCH3 is 1. The van der Waals surface area contributed by atoms with Gasteiger partial charge in [0.1, 0.15) is 17.1 Å². The van der Waals surface area contributed by atoms with Gasteiger partial charge in [0, 0.05) is 19.6 Å². The average Bonchev–Trinajstić information content (AvgIpc) is 2.69. The second-order valence-electron chi connectivity index (χ2n) is 5.74. The summed E-state index contributed by atoms with van der Waals surface area (Å²) in [6, 6.07) is 12.6. The normalized spacial score (nSPS) is 10.3. The lowest BCUT2D eigenvalue weighted by Crippen LogP contribution is -2.32. The fourth-order valence-corrected chi connectivity index (χ4v) is 2.59. The van der Waals surface area contributed by atoms with Gasteiger partial charge in [0.05, 0.1) is 7.11 Å². The monoisotopic (exact) mass is 355 g/mol. The fourth-order valence-electron chi connectivity index (χ4n) is 2.59. The Labute approximate surface area is 154 Å². The molecule has 2 aromatic rings. The van der Waals surface area contributed by atoms with Crippen LogP contribution in [-0.2, 0) is 6.42 Å². The van der Waals surface area contributed by atoms with Crippen LogP contribution in [0.25, 0.3) is 0 Å². The van der Waals surface area contributed by atoms with Gasteiger partial charge >= 0.3 is 0 Å². The Morgan fingerprint density at radius 2 is 1.77 bits per heavy atom. The zero-order chi connectivity index (χ0) is 18.9. The quantitative estimate of drug-likeness (QED) is 0.790. The first kappa shape index (κ1) is 19.4. The Hall–Kier alpha value is -2.89. The first-order valence-electron chi connectivity index (χ1n) is 8.76. The van der Waals surface area contributed by atoms with Gasteiger partial charge in [-0.3, -0.25) is 9.59 Å². The Balaban J connectivity index is 1.97. The van der Waals surface area contributed by atoms with Crippen molar-refractivity contribution in [2.75, 3.05) is 26.7 Å². The maximum atomic E-state index is 12.4. The minimum atomic E-state index is -0.290. The van der Waals surface area contributed by atoms with E-state index in [1.165, 1.54) is 0 Å². The average molecular weight is 355 g/mol. The van der Waals surface area contributed by atoms with E-state index in [0.717, 1.165) is 11.3 Å². The molecule has 26 heavy (non-hydrogen) atoms. The third-order valence-corrected chi connectivity index (χ3v) is 4.08. The summed E-state index contributed by atoms with van der Waals surface area (Å²) in [5, 5.41) is 2.84. The minimum Gasteiger partial charge on any atom is -0.497 e. The molecular weight excluding hydrogens is 330 g/mol. The smallest absolute Gasteiger partial charge is 0.272 e. The van der Waals surface area contributed by atoms with Crippen LogP contribution in [0, 0.1) is 0 Å². The number of benzene rings is 1. The van der Waals surface area contributed by atoms with Gasteiger partial charge in [-0.15, -0.1) is 0 Å². The molecule has 0 unspecified atom stereocenters. The van der Waals surface area contributed by atoms with E-state index < -0.39 is 0 Å². The number of aromatic nitrogens is 1. The standard InChI is InChI=1S/C20H25N3O3/c1-4-23(5-2)20(25)18-11-7-10-17(22-18)19(24)21-13-12-15-8-6-9-16(14-15)26-3/h6-11,14H,4-5,12-13H2,1-3H3,(H,21,24). The molecule has 0 fully saturated rings. The molecule has 1 heterocycles. The number of nitrogens with one attached hydrogen (secondary N) is 1. The summed E-state index contributed by atoms with van der Waals surface area (Å²) in [6.45, 7) is 5.51. The van der Waals surface area contributed by atoms with Crippen LogP contribution in [0.4, 0.5) is 0 Å². The van der Waals surface area contributed by atoms with Gasteiger partial charge in [0.15, 0.2) is 0 Å². The Kier molecular flexibility index (Phi) is 7.14. The van der Waals surface area contributed by atoms with Crippen LogP contribution in [0.1, 0.15) is 40.4 Å². The third-order valence-electron chi connectivity index (χ3n) is 4.08. The van der Waals surface area contributed by atoms with E-state index in [1.807, 2.05) is 38.1 Å². The molecule has 1 aromatic heterocycles. The molecule has 2 amide bonds. The van der Waals surface area contributed by atoms with E-state index in [9.17, 15) is 9.59 Å². The summed E-state index contributed by atoms with van der Waals surface area (Å²) in [6.07, 6.45) is 0.682. The van der Waals surface area contributed by atoms with Crippen molar-refractivity contribution in [3.05, 3.63) is 59.4 Å². The van der Waals surface area contributed by atoms with Crippen molar-refractivity contribution < 1.29 is 14.3 Å². The maximum absolute atomic E-state index is 12.4. The molecule has 138 valence electrons. The summed E-state index contributed by atoms with van der Waals surface area (Å²) < 4.78 is 5.19. The van der Waals surface area contributed by atoms with E-state index in [4.69, 9.17) is 4.74 Å². The second kappa shape index (κ2) is 9.56. The highest BCUT2D eigenvalue weighted by atomic mass is 16.5. The number of carbonyl (C=O) groups excluding carboxylic acids is 2. The van der Waals surface area contributed by atoms with E-state index in [-0.39, 0.29) is 23.2 Å². The fraction of sp³-hybridized carbons (Fsp3) is 0.350. The van der Waals surface area contributed by atoms with Gasteiger partial charge in [0.25, 0.3) is 11.8 Å². The number of ether oxygens (including phenoxy) is 1. The van der Waals surface area contributed by atoms with Crippen LogP contribution in [0.5, 0.6) is 5.75 Å². The largest absolute Gasteiger partial charge is 0.497 e. The number of rotatable bonds is 8. The van der Waals surface area contributed by atoms with Crippen LogP contribution in [0.3, 0.4) is 0 Å². The van der Waals surface area contributed by atoms with Gasteiger partial charge < -0.3 is 15.0 Å². The van der Waals surface area contributed by atoms with Gasteiger partial charge in [0.2, 0.25) is 0 Å². The summed E-state index contributed by atoms with van der Waals surface area (Å²) >= 11 is 0. The van der Waals surface area contributed by atoms with Crippen molar-refractivity contribution in [2.24, 2.45) is 0 Å². The topological polar surface area (TPSA) is 71.5 Å². The lowest BCUT2D eigenvalue weighted by atomic mass is 10.1. The van der Waals surface area contributed by atoms with Crippen molar-refractivity contribution in [2.45, 2.75) is 20.3 Å². The molecule has 2 rings (SSSR count). The molecule has 0 bridgehead atoms. The Morgan fingerprint density at radius 1 is 1.08 bits per heavy atom. The zero-order valence-electron chi connectivity index (χ0n) is 15.5. The second-order valence-corrected chi connectivity index (χ2v) is 5.74. The van der Waals surface area contributed by atoms with Crippen LogP contribution in [0.2, 0.25) is 0 Å². The van der Waals surface area contributed by atoms with Gasteiger partial charge in [-0.25, -0.2) is 4.98 Å². The van der Waals surface area contributed by atoms with Gasteiger partial charge in [-0.2, -0.15) is 0 Å². The van der Waals surface area contributed by atoms with Gasteiger partial charge in [-0.1, -0.05) is 18.2 Å². The van der Waals surface area contributed by atoms with Gasteiger partial charge in [-0.05, 0) is 50.1 Å². The highest BCUT2D eigenvalue weighted by Crippen LogP contribution is 2.12. The van der Waals surface area contributed by atoms with Crippen LogP contribution >= 0.6 is 0 Å². The SMILES string of the molecule is CCN(CC)C(=O)c1cccc(C(=O)NCCc2cccc(OC)c2)n1. The van der Waals surface area contributed by atoms with Crippen LogP contribution < -0.4 is 10.1 Å². The molecule has 0 atom stereocenters. The summed E-state index contributed by atoms with van der Waals surface area (Å²) in [4.78, 5) is 30.6. The molecular formula is C20H25N3O3. The minimum absolute atomic E-state index is 0.166. The molecule has 0 saturated heterocycles. The first-order valence-corrected chi connectivity index (χ1v) is 8.76. The molecule has 0 aliphatic heterocycles. The molecule has 0 aliphatic rings. The highest BCUT2D eigenvalue weighted by Gasteiger charge is 2.16. The number of amides is 2. The maximum Gasteiger partial charge on any atom is 0.272 e. The van der Waals surface area contributed by atoms with Crippen LogP contribution in [0.15, 0.2) is 42.5 Å². The number of nitrogens with zero attached hydrogens (tertiary/aromatic N) is 2.